The number of hydrogen-bond donors (Lipinski definition) is 0. The van der Waals surface area contributed by atoms with Crippen LogP contribution in [0.25, 0.3) is 77.2 Å². The van der Waals surface area contributed by atoms with Crippen molar-refractivity contribution in [1.29, 1.82) is 0 Å². The minimum Gasteiger partial charge on any atom is -0.309 e. The molecular formula is C66H48N2SSi. The molecule has 2 aromatic heterocycles. The zero-order valence-corrected chi connectivity index (χ0v) is 41.4. The molecular weight excluding hydrogens is 881 g/mol. The van der Waals surface area contributed by atoms with Crippen LogP contribution in [0, 0.1) is 0 Å². The fraction of sp³-hybridized carbons (Fsp3) is 0.0909. The van der Waals surface area contributed by atoms with E-state index < -0.39 is 8.07 Å². The standard InChI is InChI=1S/C66H48N2SSi/c1-65(2)53-22-10-5-17-45(53)52-39-43(32-35-54(52)65)70(63-28-16-15-27-61(63)69-62-38-42(30-36-64(62)70)68-59-25-13-8-20-50(59)51-21-9-14-26-60(51)68)44-31-34-47-46-33-29-41(37-55(46)66(3,4)56(47)40-44)67-57-23-11-6-18-48(57)49-19-7-12-24-58(49)67/h5-40H,1-4H3. The second kappa shape index (κ2) is 14.2. The van der Waals surface area contributed by atoms with E-state index in [4.69, 9.17) is 0 Å². The van der Waals surface area contributed by atoms with Crippen molar-refractivity contribution in [3.8, 4) is 33.6 Å². The molecule has 1 atom stereocenters. The van der Waals surface area contributed by atoms with Crippen molar-refractivity contribution in [1.82, 2.24) is 9.13 Å². The molecule has 4 heteroatoms. The third kappa shape index (κ3) is 5.20. The Kier molecular flexibility index (Phi) is 8.19. The minimum atomic E-state index is -3.06. The van der Waals surface area contributed by atoms with E-state index in [0.29, 0.717) is 0 Å². The van der Waals surface area contributed by atoms with E-state index in [9.17, 15) is 0 Å². The van der Waals surface area contributed by atoms with E-state index in [1.165, 1.54) is 130 Å². The predicted molar refractivity (Wildman–Crippen MR) is 298 cm³/mol. The van der Waals surface area contributed by atoms with Gasteiger partial charge >= 0.3 is 0 Å². The highest BCUT2D eigenvalue weighted by Gasteiger charge is 2.49. The van der Waals surface area contributed by atoms with Crippen LogP contribution >= 0.6 is 11.8 Å². The maximum absolute atomic E-state index is 3.06. The summed E-state index contributed by atoms with van der Waals surface area (Å²) in [4.78, 5) is 2.69. The quantitative estimate of drug-likeness (QED) is 0.160. The van der Waals surface area contributed by atoms with Gasteiger partial charge in [0.15, 0.2) is 8.07 Å². The summed E-state index contributed by atoms with van der Waals surface area (Å²) in [6.07, 6.45) is 0. The lowest BCUT2D eigenvalue weighted by Crippen LogP contribution is -2.76. The Morgan fingerprint density at radius 2 is 0.771 bits per heavy atom. The average Bonchev–Trinajstić information content (AvgIpc) is 4.06. The van der Waals surface area contributed by atoms with E-state index in [-0.39, 0.29) is 10.8 Å². The molecule has 1 aliphatic heterocycles. The van der Waals surface area contributed by atoms with Crippen molar-refractivity contribution in [2.75, 3.05) is 0 Å². The number of rotatable bonds is 4. The average molecular weight is 929 g/mol. The minimum absolute atomic E-state index is 0.0872. The van der Waals surface area contributed by atoms with Crippen LogP contribution in [0.15, 0.2) is 228 Å². The highest BCUT2D eigenvalue weighted by molar-refractivity contribution is 8.00. The molecule has 3 aliphatic rings. The first-order valence-electron chi connectivity index (χ1n) is 24.7. The first-order chi connectivity index (χ1) is 34.2. The van der Waals surface area contributed by atoms with E-state index in [0.717, 1.165) is 0 Å². The SMILES string of the molecule is CC1(C)c2ccccc2-c2cc([Si]3(c4ccc5c(c4)C(C)(C)c4cc(-n6c7ccccc7c7ccccc76)ccc4-5)c4ccccc4Sc4cc(-n5c6ccccc6c6ccccc65)ccc43)ccc21. The Bertz CT molecular complexity index is 4140. The number of aromatic nitrogens is 2. The molecule has 0 bridgehead atoms. The smallest absolute Gasteiger partial charge is 0.181 e. The topological polar surface area (TPSA) is 9.86 Å². The van der Waals surface area contributed by atoms with Gasteiger partial charge < -0.3 is 9.13 Å². The van der Waals surface area contributed by atoms with Crippen molar-refractivity contribution in [3.05, 3.63) is 241 Å². The Hall–Kier alpha value is -7.63. The number of hydrogen-bond acceptors (Lipinski definition) is 1. The van der Waals surface area contributed by atoms with Crippen molar-refractivity contribution in [2.45, 2.75) is 48.3 Å². The summed E-state index contributed by atoms with van der Waals surface area (Å²) in [5.41, 5.74) is 18.0. The maximum atomic E-state index is 2.66. The van der Waals surface area contributed by atoms with Crippen molar-refractivity contribution < 1.29 is 0 Å². The number of nitrogens with zero attached hydrogens (tertiary/aromatic N) is 2. The monoisotopic (exact) mass is 928 g/mol. The molecule has 2 nitrogen and oxygen atoms in total. The fourth-order valence-corrected chi connectivity index (χ4v) is 20.4. The normalized spacial score (nSPS) is 16.8. The van der Waals surface area contributed by atoms with Gasteiger partial charge in [-0.2, -0.15) is 0 Å². The zero-order valence-electron chi connectivity index (χ0n) is 39.6. The van der Waals surface area contributed by atoms with Gasteiger partial charge in [-0.25, -0.2) is 0 Å². The molecule has 2 aliphatic carbocycles. The summed E-state index contributed by atoms with van der Waals surface area (Å²) in [6, 6.07) is 83.9. The Morgan fingerprint density at radius 3 is 1.43 bits per heavy atom. The summed E-state index contributed by atoms with van der Waals surface area (Å²) in [5.74, 6) is 0. The van der Waals surface area contributed by atoms with Crippen LogP contribution in [0.3, 0.4) is 0 Å². The van der Waals surface area contributed by atoms with Gasteiger partial charge in [0.2, 0.25) is 0 Å². The molecule has 70 heavy (non-hydrogen) atoms. The van der Waals surface area contributed by atoms with Gasteiger partial charge in [-0.15, -0.1) is 0 Å². The Balaban J connectivity index is 0.977. The molecule has 3 heterocycles. The van der Waals surface area contributed by atoms with Crippen LogP contribution in [0.1, 0.15) is 49.9 Å². The molecule has 0 saturated carbocycles. The molecule has 0 N–H and O–H groups in total. The zero-order chi connectivity index (χ0) is 46.7. The van der Waals surface area contributed by atoms with Gasteiger partial charge in [0.25, 0.3) is 0 Å². The van der Waals surface area contributed by atoms with Crippen LogP contribution in [-0.4, -0.2) is 17.2 Å². The molecule has 0 amide bonds. The molecule has 0 radical (unpaired) electrons. The molecule has 0 saturated heterocycles. The molecule has 1 unspecified atom stereocenters. The second-order valence-corrected chi connectivity index (χ2v) is 25.6. The van der Waals surface area contributed by atoms with Crippen molar-refractivity contribution >= 4 is 84.2 Å². The van der Waals surface area contributed by atoms with Crippen LogP contribution in [0.4, 0.5) is 0 Å². The molecule has 15 rings (SSSR count). The maximum Gasteiger partial charge on any atom is 0.181 e. The predicted octanol–water partition coefficient (Wildman–Crippen LogP) is 14.3. The molecule has 0 spiro atoms. The van der Waals surface area contributed by atoms with Crippen LogP contribution < -0.4 is 20.7 Å². The van der Waals surface area contributed by atoms with E-state index >= 15 is 0 Å². The summed E-state index contributed by atoms with van der Waals surface area (Å²) in [5, 5.41) is 10.9. The Morgan fingerprint density at radius 1 is 0.329 bits per heavy atom. The lowest BCUT2D eigenvalue weighted by molar-refractivity contribution is 0.660. The van der Waals surface area contributed by atoms with Gasteiger partial charge in [0, 0.05) is 53.5 Å². The summed E-state index contributed by atoms with van der Waals surface area (Å²) < 4.78 is 4.94. The lowest BCUT2D eigenvalue weighted by atomic mass is 9.82. The van der Waals surface area contributed by atoms with Crippen molar-refractivity contribution in [3.63, 3.8) is 0 Å². The van der Waals surface area contributed by atoms with Crippen LogP contribution in [-0.2, 0) is 10.8 Å². The van der Waals surface area contributed by atoms with E-state index in [1.54, 1.807) is 0 Å². The second-order valence-electron chi connectivity index (χ2n) is 20.8. The largest absolute Gasteiger partial charge is 0.309 e. The third-order valence-corrected chi connectivity index (χ3v) is 23.0. The molecule has 10 aromatic carbocycles. The summed E-state index contributed by atoms with van der Waals surface area (Å²) >= 11 is 1.95. The van der Waals surface area contributed by atoms with E-state index in [2.05, 4.69) is 255 Å². The van der Waals surface area contributed by atoms with Crippen molar-refractivity contribution in [2.24, 2.45) is 0 Å². The highest BCUT2D eigenvalue weighted by Crippen LogP contribution is 2.51. The Labute approximate surface area is 413 Å². The van der Waals surface area contributed by atoms with E-state index in [1.807, 2.05) is 11.8 Å². The molecule has 332 valence electrons. The van der Waals surface area contributed by atoms with Gasteiger partial charge in [-0.05, 0) is 120 Å². The first kappa shape index (κ1) is 40.3. The number of fused-ring (bicyclic) bond motifs is 14. The fourth-order valence-electron chi connectivity index (χ4n) is 13.4. The summed E-state index contributed by atoms with van der Waals surface area (Å²) in [6.45, 7) is 9.71. The van der Waals surface area contributed by atoms with Crippen LogP contribution in [0.5, 0.6) is 0 Å². The molecule has 12 aromatic rings. The highest BCUT2D eigenvalue weighted by atomic mass is 32.2. The molecule has 0 fully saturated rings. The lowest BCUT2D eigenvalue weighted by Gasteiger charge is -2.41. The first-order valence-corrected chi connectivity index (χ1v) is 27.5. The van der Waals surface area contributed by atoms with Gasteiger partial charge in [-0.3, -0.25) is 0 Å². The van der Waals surface area contributed by atoms with Gasteiger partial charge in [0.1, 0.15) is 0 Å². The van der Waals surface area contributed by atoms with Gasteiger partial charge in [0.05, 0.1) is 22.1 Å². The number of benzene rings is 10. The third-order valence-electron chi connectivity index (χ3n) is 16.7. The van der Waals surface area contributed by atoms with Crippen LogP contribution in [0.2, 0.25) is 0 Å². The van der Waals surface area contributed by atoms with Gasteiger partial charge in [-0.1, -0.05) is 203 Å². The number of para-hydroxylation sites is 4. The summed E-state index contributed by atoms with van der Waals surface area (Å²) in [7, 11) is -3.06.